The molecule has 5 heteroatoms. The van der Waals surface area contributed by atoms with Crippen molar-refractivity contribution in [2.75, 3.05) is 20.0 Å². The number of nitrogen functional groups attached to an aromatic ring is 1. The van der Waals surface area contributed by atoms with Crippen LogP contribution in [0.15, 0.2) is 48.5 Å². The van der Waals surface area contributed by atoms with Crippen molar-refractivity contribution in [1.29, 1.82) is 0 Å². The third kappa shape index (κ3) is 2.48. The highest BCUT2D eigenvalue weighted by Crippen LogP contribution is 2.35. The zero-order valence-electron chi connectivity index (χ0n) is 12.5. The molecule has 112 valence electrons. The molecule has 0 saturated carbocycles. The molecule has 0 aliphatic carbocycles. The number of rotatable bonds is 4. The molecule has 3 rings (SSSR count). The normalized spacial score (nSPS) is 10.5. The van der Waals surface area contributed by atoms with Crippen molar-refractivity contribution in [1.82, 2.24) is 10.2 Å². The van der Waals surface area contributed by atoms with Gasteiger partial charge in [0.1, 0.15) is 11.5 Å². The summed E-state index contributed by atoms with van der Waals surface area (Å²) in [6.07, 6.45) is 0. The van der Waals surface area contributed by atoms with E-state index in [1.165, 1.54) is 0 Å². The number of hydrogen-bond acceptors (Lipinski definition) is 4. The van der Waals surface area contributed by atoms with E-state index < -0.39 is 0 Å². The average molecular weight is 295 g/mol. The average Bonchev–Trinajstić information content (AvgIpc) is 2.96. The Hall–Kier alpha value is -2.95. The van der Waals surface area contributed by atoms with E-state index in [0.717, 1.165) is 33.9 Å². The van der Waals surface area contributed by atoms with Crippen molar-refractivity contribution in [3.63, 3.8) is 0 Å². The van der Waals surface area contributed by atoms with Gasteiger partial charge in [-0.05, 0) is 42.0 Å². The zero-order chi connectivity index (χ0) is 15.5. The summed E-state index contributed by atoms with van der Waals surface area (Å²) in [5, 5.41) is 7.15. The number of ether oxygens (including phenoxy) is 2. The fourth-order valence-corrected chi connectivity index (χ4v) is 2.37. The van der Waals surface area contributed by atoms with Gasteiger partial charge in [-0.1, -0.05) is 12.1 Å². The second-order valence-corrected chi connectivity index (χ2v) is 4.82. The fraction of sp³-hybridized carbons (Fsp3) is 0.118. The lowest BCUT2D eigenvalue weighted by Gasteiger charge is -2.07. The molecular formula is C17H17N3O2. The summed E-state index contributed by atoms with van der Waals surface area (Å²) < 4.78 is 10.4. The van der Waals surface area contributed by atoms with Gasteiger partial charge >= 0.3 is 0 Å². The Bertz CT molecular complexity index is 762. The summed E-state index contributed by atoms with van der Waals surface area (Å²) >= 11 is 0. The quantitative estimate of drug-likeness (QED) is 0.774. The molecule has 0 radical (unpaired) electrons. The molecule has 2 aromatic carbocycles. The van der Waals surface area contributed by atoms with Gasteiger partial charge in [-0.2, -0.15) is 5.10 Å². The van der Waals surface area contributed by atoms with E-state index in [0.29, 0.717) is 5.82 Å². The van der Waals surface area contributed by atoms with Crippen LogP contribution in [0, 0.1) is 0 Å². The molecule has 1 aromatic heterocycles. The summed E-state index contributed by atoms with van der Waals surface area (Å²) in [5.74, 6) is 2.08. The maximum atomic E-state index is 6.04. The van der Waals surface area contributed by atoms with Crippen LogP contribution in [0.3, 0.4) is 0 Å². The number of anilines is 1. The van der Waals surface area contributed by atoms with Gasteiger partial charge in [-0.25, -0.2) is 0 Å². The monoisotopic (exact) mass is 295 g/mol. The number of nitrogens with zero attached hydrogens (tertiary/aromatic N) is 1. The first-order chi connectivity index (χ1) is 10.7. The molecule has 0 saturated heterocycles. The molecule has 3 aromatic rings. The first kappa shape index (κ1) is 14.0. The number of aromatic nitrogens is 2. The van der Waals surface area contributed by atoms with E-state index in [2.05, 4.69) is 10.2 Å². The predicted molar refractivity (Wildman–Crippen MR) is 87.0 cm³/mol. The van der Waals surface area contributed by atoms with Crippen molar-refractivity contribution in [3.05, 3.63) is 48.5 Å². The lowest BCUT2D eigenvalue weighted by molar-refractivity contribution is 0.414. The van der Waals surface area contributed by atoms with Crippen molar-refractivity contribution >= 4 is 5.82 Å². The Morgan fingerprint density at radius 3 is 1.82 bits per heavy atom. The van der Waals surface area contributed by atoms with E-state index >= 15 is 0 Å². The first-order valence-electron chi connectivity index (χ1n) is 6.85. The summed E-state index contributed by atoms with van der Waals surface area (Å²) in [5.41, 5.74) is 9.78. The zero-order valence-corrected chi connectivity index (χ0v) is 12.5. The van der Waals surface area contributed by atoms with Gasteiger partial charge in [-0.15, -0.1) is 0 Å². The third-order valence-corrected chi connectivity index (χ3v) is 3.55. The second kappa shape index (κ2) is 5.81. The Balaban J connectivity index is 2.05. The van der Waals surface area contributed by atoms with Crippen LogP contribution in [0.5, 0.6) is 11.5 Å². The molecule has 5 nitrogen and oxygen atoms in total. The highest BCUT2D eigenvalue weighted by atomic mass is 16.5. The molecule has 0 atom stereocenters. The van der Waals surface area contributed by atoms with Crippen LogP contribution >= 0.6 is 0 Å². The van der Waals surface area contributed by atoms with Crippen molar-refractivity contribution in [2.45, 2.75) is 0 Å². The maximum Gasteiger partial charge on any atom is 0.153 e. The predicted octanol–water partition coefficient (Wildman–Crippen LogP) is 3.34. The van der Waals surface area contributed by atoms with E-state index in [9.17, 15) is 0 Å². The van der Waals surface area contributed by atoms with Crippen molar-refractivity contribution in [2.24, 2.45) is 0 Å². The molecule has 22 heavy (non-hydrogen) atoms. The van der Waals surface area contributed by atoms with E-state index in [4.69, 9.17) is 15.2 Å². The van der Waals surface area contributed by atoms with Crippen LogP contribution in [0.25, 0.3) is 22.4 Å². The van der Waals surface area contributed by atoms with E-state index in [1.54, 1.807) is 14.2 Å². The summed E-state index contributed by atoms with van der Waals surface area (Å²) in [7, 11) is 3.29. The molecule has 0 unspecified atom stereocenters. The number of benzene rings is 2. The summed E-state index contributed by atoms with van der Waals surface area (Å²) in [4.78, 5) is 0. The number of nitrogens with one attached hydrogen (secondary N) is 1. The maximum absolute atomic E-state index is 6.04. The minimum absolute atomic E-state index is 0.469. The van der Waals surface area contributed by atoms with Crippen LogP contribution in [-0.2, 0) is 0 Å². The summed E-state index contributed by atoms with van der Waals surface area (Å²) in [6.45, 7) is 0. The number of hydrogen-bond donors (Lipinski definition) is 2. The molecule has 0 amide bonds. The smallest absolute Gasteiger partial charge is 0.153 e. The second-order valence-electron chi connectivity index (χ2n) is 4.82. The SMILES string of the molecule is COc1ccc(-c2[nH]nc(N)c2-c2ccc(OC)cc2)cc1. The Morgan fingerprint density at radius 2 is 1.32 bits per heavy atom. The van der Waals surface area contributed by atoms with Gasteiger partial charge in [-0.3, -0.25) is 5.10 Å². The van der Waals surface area contributed by atoms with Gasteiger partial charge in [0.25, 0.3) is 0 Å². The minimum Gasteiger partial charge on any atom is -0.497 e. The van der Waals surface area contributed by atoms with Gasteiger partial charge in [0.05, 0.1) is 25.5 Å². The van der Waals surface area contributed by atoms with Crippen LogP contribution in [-0.4, -0.2) is 24.4 Å². The first-order valence-corrected chi connectivity index (χ1v) is 6.85. The Morgan fingerprint density at radius 1 is 0.818 bits per heavy atom. The molecule has 0 aliphatic heterocycles. The molecule has 3 N–H and O–H groups in total. The number of H-pyrrole nitrogens is 1. The van der Waals surface area contributed by atoms with Crippen LogP contribution in [0.1, 0.15) is 0 Å². The van der Waals surface area contributed by atoms with Gasteiger partial charge < -0.3 is 15.2 Å². The number of nitrogens with two attached hydrogens (primary N) is 1. The molecule has 0 aliphatic rings. The van der Waals surface area contributed by atoms with E-state index in [1.807, 2.05) is 48.5 Å². The molecule has 1 heterocycles. The Labute approximate surface area is 128 Å². The van der Waals surface area contributed by atoms with Gasteiger partial charge in [0, 0.05) is 5.56 Å². The van der Waals surface area contributed by atoms with Crippen molar-refractivity contribution in [3.8, 4) is 33.9 Å². The molecule has 0 bridgehead atoms. The standard InChI is InChI=1S/C17H17N3O2/c1-21-13-7-3-11(4-8-13)15-16(19-20-17(15)18)12-5-9-14(22-2)10-6-12/h3-10H,1-2H3,(H3,18,19,20). The highest BCUT2D eigenvalue weighted by molar-refractivity contribution is 5.87. The van der Waals surface area contributed by atoms with Crippen LogP contribution < -0.4 is 15.2 Å². The topological polar surface area (TPSA) is 73.2 Å². The number of aromatic amines is 1. The fourth-order valence-electron chi connectivity index (χ4n) is 2.37. The minimum atomic E-state index is 0.469. The lowest BCUT2D eigenvalue weighted by atomic mass is 10.0. The summed E-state index contributed by atoms with van der Waals surface area (Å²) in [6, 6.07) is 15.5. The number of methoxy groups -OCH3 is 2. The van der Waals surface area contributed by atoms with E-state index in [-0.39, 0.29) is 0 Å². The van der Waals surface area contributed by atoms with Gasteiger partial charge in [0.15, 0.2) is 5.82 Å². The third-order valence-electron chi connectivity index (χ3n) is 3.55. The van der Waals surface area contributed by atoms with Crippen LogP contribution in [0.2, 0.25) is 0 Å². The molecular weight excluding hydrogens is 278 g/mol. The molecule has 0 spiro atoms. The molecule has 0 fully saturated rings. The van der Waals surface area contributed by atoms with Gasteiger partial charge in [0.2, 0.25) is 0 Å². The highest BCUT2D eigenvalue weighted by Gasteiger charge is 2.14. The largest absolute Gasteiger partial charge is 0.497 e. The van der Waals surface area contributed by atoms with Crippen LogP contribution in [0.4, 0.5) is 5.82 Å². The lowest BCUT2D eigenvalue weighted by Crippen LogP contribution is -1.90. The van der Waals surface area contributed by atoms with Crippen molar-refractivity contribution < 1.29 is 9.47 Å². The Kier molecular flexibility index (Phi) is 3.70.